The van der Waals surface area contributed by atoms with Gasteiger partial charge in [0, 0.05) is 21.8 Å². The van der Waals surface area contributed by atoms with Crippen LogP contribution in [0.2, 0.25) is 5.02 Å². The fourth-order valence-corrected chi connectivity index (χ4v) is 3.60. The zero-order valence-corrected chi connectivity index (χ0v) is 19.8. The van der Waals surface area contributed by atoms with E-state index in [0.29, 0.717) is 16.3 Å². The van der Waals surface area contributed by atoms with Crippen molar-refractivity contribution in [1.29, 1.82) is 0 Å². The van der Waals surface area contributed by atoms with Gasteiger partial charge in [-0.1, -0.05) is 61.8 Å². The first-order chi connectivity index (χ1) is 15.9. The maximum Gasteiger partial charge on any atom is 0.347 e. The highest BCUT2D eigenvalue weighted by molar-refractivity contribution is 6.31. The SMILES string of the molecule is CCc1cccc(CC)c1NC(=O)c1ccc(OC(C)C(=O)OCc2ccccc2Cl)cc1. The summed E-state index contributed by atoms with van der Waals surface area (Å²) in [5, 5.41) is 3.59. The molecule has 0 saturated heterocycles. The summed E-state index contributed by atoms with van der Waals surface area (Å²) in [7, 11) is 0. The number of hydrogen-bond acceptors (Lipinski definition) is 4. The highest BCUT2D eigenvalue weighted by Crippen LogP contribution is 2.24. The Morgan fingerprint density at radius 3 is 2.09 bits per heavy atom. The van der Waals surface area contributed by atoms with E-state index in [2.05, 4.69) is 19.2 Å². The summed E-state index contributed by atoms with van der Waals surface area (Å²) in [6.45, 7) is 5.82. The molecule has 0 spiro atoms. The van der Waals surface area contributed by atoms with E-state index in [4.69, 9.17) is 21.1 Å². The van der Waals surface area contributed by atoms with Crippen LogP contribution >= 0.6 is 11.6 Å². The summed E-state index contributed by atoms with van der Waals surface area (Å²) < 4.78 is 11.0. The van der Waals surface area contributed by atoms with Crippen molar-refractivity contribution >= 4 is 29.2 Å². The van der Waals surface area contributed by atoms with E-state index in [1.807, 2.05) is 30.3 Å². The van der Waals surface area contributed by atoms with E-state index < -0.39 is 12.1 Å². The lowest BCUT2D eigenvalue weighted by molar-refractivity contribution is -0.152. The number of benzene rings is 3. The Bertz CT molecular complexity index is 1090. The quantitative estimate of drug-likeness (QED) is 0.380. The fourth-order valence-electron chi connectivity index (χ4n) is 3.41. The largest absolute Gasteiger partial charge is 0.479 e. The average Bonchev–Trinajstić information content (AvgIpc) is 2.83. The van der Waals surface area contributed by atoms with Gasteiger partial charge in [0.1, 0.15) is 12.4 Å². The molecular weight excluding hydrogens is 438 g/mol. The maximum absolute atomic E-state index is 12.8. The molecule has 33 heavy (non-hydrogen) atoms. The number of nitrogens with one attached hydrogen (secondary N) is 1. The van der Waals surface area contributed by atoms with Crippen LogP contribution in [0.1, 0.15) is 47.8 Å². The van der Waals surface area contributed by atoms with E-state index in [-0.39, 0.29) is 12.5 Å². The molecule has 0 fully saturated rings. The van der Waals surface area contributed by atoms with Gasteiger partial charge in [-0.25, -0.2) is 4.79 Å². The summed E-state index contributed by atoms with van der Waals surface area (Å²) in [6.07, 6.45) is 0.859. The van der Waals surface area contributed by atoms with Gasteiger partial charge in [-0.2, -0.15) is 0 Å². The first-order valence-electron chi connectivity index (χ1n) is 11.0. The number of carbonyl (C=O) groups is 2. The number of para-hydroxylation sites is 1. The third-order valence-corrected chi connectivity index (χ3v) is 5.70. The van der Waals surface area contributed by atoms with Crippen molar-refractivity contribution in [3.05, 3.63) is 94.0 Å². The molecule has 1 amide bonds. The number of aryl methyl sites for hydroxylation is 2. The molecule has 0 aliphatic carbocycles. The Kier molecular flexibility index (Phi) is 8.50. The molecule has 0 heterocycles. The molecule has 1 N–H and O–H groups in total. The van der Waals surface area contributed by atoms with Crippen molar-refractivity contribution in [2.24, 2.45) is 0 Å². The predicted molar refractivity (Wildman–Crippen MR) is 131 cm³/mol. The number of carbonyl (C=O) groups excluding carboxylic acids is 2. The third-order valence-electron chi connectivity index (χ3n) is 5.33. The van der Waals surface area contributed by atoms with Crippen LogP contribution in [-0.4, -0.2) is 18.0 Å². The summed E-state index contributed by atoms with van der Waals surface area (Å²) in [5.74, 6) is -0.221. The van der Waals surface area contributed by atoms with Crippen molar-refractivity contribution in [3.8, 4) is 5.75 Å². The first-order valence-corrected chi connectivity index (χ1v) is 11.4. The van der Waals surface area contributed by atoms with E-state index >= 15 is 0 Å². The fraction of sp³-hybridized carbons (Fsp3) is 0.259. The predicted octanol–water partition coefficient (Wildman–Crippen LogP) is 6.23. The molecule has 0 aromatic heterocycles. The van der Waals surface area contributed by atoms with E-state index in [0.717, 1.165) is 35.2 Å². The van der Waals surface area contributed by atoms with Gasteiger partial charge >= 0.3 is 5.97 Å². The molecule has 5 nitrogen and oxygen atoms in total. The zero-order valence-electron chi connectivity index (χ0n) is 19.1. The molecule has 0 saturated carbocycles. The minimum atomic E-state index is -0.810. The molecule has 172 valence electrons. The monoisotopic (exact) mass is 465 g/mol. The van der Waals surface area contributed by atoms with Crippen LogP contribution in [0.5, 0.6) is 5.75 Å². The summed E-state index contributed by atoms with van der Waals surface area (Å²) in [4.78, 5) is 25.1. The molecular formula is C27H28ClNO4. The van der Waals surface area contributed by atoms with E-state index in [1.54, 1.807) is 43.3 Å². The average molecular weight is 466 g/mol. The highest BCUT2D eigenvalue weighted by atomic mass is 35.5. The molecule has 0 bridgehead atoms. The van der Waals surface area contributed by atoms with E-state index in [9.17, 15) is 9.59 Å². The van der Waals surface area contributed by atoms with Crippen molar-refractivity contribution in [2.75, 3.05) is 5.32 Å². The Labute approximate surface area is 199 Å². The molecule has 0 aliphatic heterocycles. The zero-order chi connectivity index (χ0) is 23.8. The van der Waals surface area contributed by atoms with Gasteiger partial charge in [0.05, 0.1) is 0 Å². The van der Waals surface area contributed by atoms with Crippen LogP contribution in [0.3, 0.4) is 0 Å². The standard InChI is InChI=1S/C27H28ClNO4/c1-4-19-10-8-11-20(5-2)25(19)29-26(30)21-13-15-23(16-14-21)33-18(3)27(31)32-17-22-9-6-7-12-24(22)28/h6-16,18H,4-5,17H2,1-3H3,(H,29,30). The summed E-state index contributed by atoms with van der Waals surface area (Å²) in [5.41, 5.74) is 4.32. The van der Waals surface area contributed by atoms with Gasteiger partial charge in [0.2, 0.25) is 0 Å². The molecule has 1 unspecified atom stereocenters. The minimum Gasteiger partial charge on any atom is -0.479 e. The van der Waals surface area contributed by atoms with E-state index in [1.165, 1.54) is 0 Å². The third kappa shape index (κ3) is 6.36. The van der Waals surface area contributed by atoms with Gasteiger partial charge in [0.15, 0.2) is 6.10 Å². The Hall–Kier alpha value is -3.31. The van der Waals surface area contributed by atoms with Crippen LogP contribution in [0, 0.1) is 0 Å². The lowest BCUT2D eigenvalue weighted by atomic mass is 10.0. The second-order valence-electron chi connectivity index (χ2n) is 7.60. The topological polar surface area (TPSA) is 64.6 Å². The van der Waals surface area contributed by atoms with Gasteiger partial charge in [0.25, 0.3) is 5.91 Å². The number of ether oxygens (including phenoxy) is 2. The van der Waals surface area contributed by atoms with Crippen molar-refractivity contribution < 1.29 is 19.1 Å². The summed E-state index contributed by atoms with van der Waals surface area (Å²) in [6, 6.07) is 19.9. The minimum absolute atomic E-state index is 0.0737. The molecule has 0 aliphatic rings. The molecule has 0 radical (unpaired) electrons. The molecule has 1 atom stereocenters. The van der Waals surface area contributed by atoms with Gasteiger partial charge in [-0.3, -0.25) is 4.79 Å². The van der Waals surface area contributed by atoms with Crippen LogP contribution < -0.4 is 10.1 Å². The van der Waals surface area contributed by atoms with Crippen molar-refractivity contribution in [1.82, 2.24) is 0 Å². The molecule has 3 rings (SSSR count). The first kappa shape index (κ1) is 24.3. The van der Waals surface area contributed by atoms with Crippen molar-refractivity contribution in [3.63, 3.8) is 0 Å². The molecule has 3 aromatic carbocycles. The molecule has 3 aromatic rings. The number of rotatable bonds is 9. The number of amides is 1. The van der Waals surface area contributed by atoms with Crippen molar-refractivity contribution in [2.45, 2.75) is 46.3 Å². The normalized spacial score (nSPS) is 11.5. The smallest absolute Gasteiger partial charge is 0.347 e. The number of anilines is 1. The van der Waals surface area contributed by atoms with Gasteiger partial charge in [-0.05, 0) is 61.2 Å². The lowest BCUT2D eigenvalue weighted by Crippen LogP contribution is -2.26. The summed E-state index contributed by atoms with van der Waals surface area (Å²) >= 11 is 6.09. The van der Waals surface area contributed by atoms with Crippen LogP contribution in [-0.2, 0) is 29.0 Å². The lowest BCUT2D eigenvalue weighted by Gasteiger charge is -2.16. The second kappa shape index (κ2) is 11.5. The van der Waals surface area contributed by atoms with Crippen LogP contribution in [0.4, 0.5) is 5.69 Å². The highest BCUT2D eigenvalue weighted by Gasteiger charge is 2.18. The number of halogens is 1. The van der Waals surface area contributed by atoms with Crippen LogP contribution in [0.25, 0.3) is 0 Å². The number of esters is 1. The van der Waals surface area contributed by atoms with Crippen LogP contribution in [0.15, 0.2) is 66.7 Å². The Balaban J connectivity index is 1.59. The number of hydrogen-bond donors (Lipinski definition) is 1. The Morgan fingerprint density at radius 2 is 1.48 bits per heavy atom. The Morgan fingerprint density at radius 1 is 0.879 bits per heavy atom. The van der Waals surface area contributed by atoms with Gasteiger partial charge in [-0.15, -0.1) is 0 Å². The van der Waals surface area contributed by atoms with Gasteiger partial charge < -0.3 is 14.8 Å². The maximum atomic E-state index is 12.8. The second-order valence-corrected chi connectivity index (χ2v) is 8.00. The molecule has 6 heteroatoms.